The summed E-state index contributed by atoms with van der Waals surface area (Å²) in [4.78, 5) is 4.86. The molecule has 1 heterocycles. The summed E-state index contributed by atoms with van der Waals surface area (Å²) < 4.78 is 5.94. The first kappa shape index (κ1) is 30.3. The Hall–Kier alpha value is -1.23. The van der Waals surface area contributed by atoms with Crippen molar-refractivity contribution in [1.29, 1.82) is 0 Å². The van der Waals surface area contributed by atoms with Crippen LogP contribution in [0.2, 0.25) is 39.3 Å². The Bertz CT molecular complexity index is 1050. The van der Waals surface area contributed by atoms with E-state index in [2.05, 4.69) is 151 Å². The average Bonchev–Trinajstić information content (AvgIpc) is 3.28. The Morgan fingerprint density at radius 2 is 1.27 bits per heavy atom. The number of rotatable bonds is 10. The van der Waals surface area contributed by atoms with Gasteiger partial charge < -0.3 is 0 Å². The van der Waals surface area contributed by atoms with Crippen LogP contribution in [0.5, 0.6) is 0 Å². The van der Waals surface area contributed by atoms with Gasteiger partial charge in [0.1, 0.15) is 0 Å². The third kappa shape index (κ3) is 7.05. The zero-order chi connectivity index (χ0) is 27.7. The van der Waals surface area contributed by atoms with Crippen LogP contribution < -0.4 is 8.02 Å². The molecule has 2 aromatic rings. The van der Waals surface area contributed by atoms with Crippen molar-refractivity contribution >= 4 is 55.2 Å². The average molecular weight is 642 g/mol. The summed E-state index contributed by atoms with van der Waals surface area (Å²) in [5, 5.41) is 0. The SMILES string of the molecule is CC(C)c1cccc(C(C)C)c1[N]([Sn][N]([Si](C)(C)C)[Si](C)(C)C)c1ccccc1N1C=CN(C(C)C)C1. The Labute approximate surface area is 240 Å². The van der Waals surface area contributed by atoms with Gasteiger partial charge in [-0.25, -0.2) is 0 Å². The van der Waals surface area contributed by atoms with Crippen LogP contribution in [-0.4, -0.2) is 58.2 Å². The van der Waals surface area contributed by atoms with E-state index in [1.54, 1.807) is 0 Å². The molecule has 2 aromatic carbocycles. The van der Waals surface area contributed by atoms with Crippen LogP contribution in [0.25, 0.3) is 0 Å². The van der Waals surface area contributed by atoms with Crippen LogP contribution in [0.3, 0.4) is 0 Å². The van der Waals surface area contributed by atoms with Crippen LogP contribution in [0.15, 0.2) is 54.9 Å². The molecule has 2 radical (unpaired) electrons. The van der Waals surface area contributed by atoms with E-state index < -0.39 is 38.2 Å². The minimum absolute atomic E-state index is 0.470. The van der Waals surface area contributed by atoms with E-state index in [-0.39, 0.29) is 0 Å². The van der Waals surface area contributed by atoms with Crippen molar-refractivity contribution in [3.05, 3.63) is 66.0 Å². The number of benzene rings is 2. The molecule has 1 aliphatic rings. The molecular formula is C30H50N4Si2Sn. The first-order chi connectivity index (χ1) is 17.1. The molecule has 0 spiro atoms. The maximum absolute atomic E-state index is 3.08. The second-order valence-corrected chi connectivity index (χ2v) is 28.9. The fourth-order valence-electron chi connectivity index (χ4n) is 5.22. The van der Waals surface area contributed by atoms with Gasteiger partial charge in [0.25, 0.3) is 0 Å². The van der Waals surface area contributed by atoms with E-state index in [0.717, 1.165) is 6.67 Å². The zero-order valence-corrected chi connectivity index (χ0v) is 30.3. The van der Waals surface area contributed by atoms with Gasteiger partial charge in [-0.05, 0) is 0 Å². The molecule has 7 heteroatoms. The van der Waals surface area contributed by atoms with E-state index in [9.17, 15) is 0 Å². The number of hydrogen-bond acceptors (Lipinski definition) is 4. The van der Waals surface area contributed by atoms with Gasteiger partial charge in [-0.15, -0.1) is 0 Å². The Kier molecular flexibility index (Phi) is 9.74. The number of nitrogens with zero attached hydrogens (tertiary/aromatic N) is 4. The second kappa shape index (κ2) is 11.9. The monoisotopic (exact) mass is 642 g/mol. The normalized spacial score (nSPS) is 14.7. The Morgan fingerprint density at radius 3 is 1.73 bits per heavy atom. The summed E-state index contributed by atoms with van der Waals surface area (Å²) in [5.74, 6) is 0.941. The molecule has 0 amide bonds. The molecule has 1 aliphatic heterocycles. The van der Waals surface area contributed by atoms with Gasteiger partial charge in [-0.3, -0.25) is 0 Å². The van der Waals surface area contributed by atoms with Crippen molar-refractivity contribution < 1.29 is 0 Å². The van der Waals surface area contributed by atoms with Gasteiger partial charge in [0.05, 0.1) is 0 Å². The van der Waals surface area contributed by atoms with E-state index >= 15 is 0 Å². The molecule has 0 aromatic heterocycles. The Balaban J connectivity index is 2.29. The molecule has 0 N–H and O–H groups in total. The fraction of sp³-hybridized carbons (Fsp3) is 0.533. The van der Waals surface area contributed by atoms with E-state index in [4.69, 9.17) is 0 Å². The van der Waals surface area contributed by atoms with Crippen molar-refractivity contribution in [1.82, 2.24) is 7.35 Å². The second-order valence-electron chi connectivity index (χ2n) is 13.2. The van der Waals surface area contributed by atoms with Gasteiger partial charge in [-0.1, -0.05) is 0 Å². The van der Waals surface area contributed by atoms with E-state index in [1.807, 2.05) is 0 Å². The minimum atomic E-state index is -1.52. The quantitative estimate of drug-likeness (QED) is 0.241. The van der Waals surface area contributed by atoms with Crippen molar-refractivity contribution in [3.8, 4) is 0 Å². The third-order valence-corrected chi connectivity index (χ3v) is 29.0. The topological polar surface area (TPSA) is 13.0 Å². The van der Waals surface area contributed by atoms with Gasteiger partial charge in [0, 0.05) is 0 Å². The third-order valence-electron chi connectivity index (χ3n) is 6.96. The van der Waals surface area contributed by atoms with Crippen LogP contribution in [0.1, 0.15) is 64.5 Å². The fourth-order valence-corrected chi connectivity index (χ4v) is 22.8. The molecule has 0 saturated heterocycles. The first-order valence-corrected chi connectivity index (χ1v) is 23.4. The summed E-state index contributed by atoms with van der Waals surface area (Å²) in [6.07, 6.45) is 4.53. The van der Waals surface area contributed by atoms with Crippen molar-refractivity contribution in [3.63, 3.8) is 0 Å². The maximum atomic E-state index is 3.08. The summed E-state index contributed by atoms with van der Waals surface area (Å²) in [6, 6.07) is 16.7. The number of hydrogen-bond donors (Lipinski definition) is 0. The first-order valence-electron chi connectivity index (χ1n) is 13.9. The number of para-hydroxylation sites is 3. The van der Waals surface area contributed by atoms with Crippen molar-refractivity contribution in [2.75, 3.05) is 14.7 Å². The number of anilines is 3. The molecule has 202 valence electrons. The standard InChI is InChI=1S/C24H32N3.C6H18NSi2.Sn/c1-17(2)20-10-9-11-21(18(3)4)24(20)25-22-12-7-8-13-23(22)27-15-14-26(16-27)19(5)6;1-8(2,3)7-9(4,5)6;/h7-15,17-19H,16H2,1-6H3;1-6H3;/q2*-1;+2. The molecule has 0 unspecified atom stereocenters. The van der Waals surface area contributed by atoms with E-state index in [1.165, 1.54) is 28.2 Å². The molecule has 3 rings (SSSR count). The van der Waals surface area contributed by atoms with Gasteiger partial charge in [-0.2, -0.15) is 0 Å². The summed E-state index contributed by atoms with van der Waals surface area (Å²) >= 11 is -1.22. The predicted octanol–water partition coefficient (Wildman–Crippen LogP) is 8.54. The zero-order valence-electron chi connectivity index (χ0n) is 25.4. The molecule has 0 aliphatic carbocycles. The molecule has 0 atom stereocenters. The van der Waals surface area contributed by atoms with Crippen LogP contribution in [0.4, 0.5) is 17.1 Å². The summed E-state index contributed by atoms with van der Waals surface area (Å²) in [6.45, 7) is 30.2. The molecule has 0 fully saturated rings. The molecule has 0 saturated carbocycles. The van der Waals surface area contributed by atoms with Gasteiger partial charge >= 0.3 is 242 Å². The molecular weight excluding hydrogens is 591 g/mol. The predicted molar refractivity (Wildman–Crippen MR) is 171 cm³/mol. The summed E-state index contributed by atoms with van der Waals surface area (Å²) in [5.41, 5.74) is 7.14. The van der Waals surface area contributed by atoms with Crippen molar-refractivity contribution in [2.45, 2.75) is 98.7 Å². The van der Waals surface area contributed by atoms with Crippen LogP contribution in [-0.2, 0) is 0 Å². The summed E-state index contributed by atoms with van der Waals surface area (Å²) in [7, 11) is -3.04. The van der Waals surface area contributed by atoms with Crippen LogP contribution in [0, 0.1) is 0 Å². The Morgan fingerprint density at radius 1 is 0.730 bits per heavy atom. The van der Waals surface area contributed by atoms with Gasteiger partial charge in [0.2, 0.25) is 0 Å². The van der Waals surface area contributed by atoms with Crippen LogP contribution >= 0.6 is 0 Å². The molecule has 4 nitrogen and oxygen atoms in total. The van der Waals surface area contributed by atoms with E-state index in [0.29, 0.717) is 17.9 Å². The molecule has 0 bridgehead atoms. The van der Waals surface area contributed by atoms with Gasteiger partial charge in [0.15, 0.2) is 0 Å². The van der Waals surface area contributed by atoms with Crippen molar-refractivity contribution in [2.24, 2.45) is 0 Å². The molecule has 37 heavy (non-hydrogen) atoms.